The molecule has 0 amide bonds. The highest BCUT2D eigenvalue weighted by Crippen LogP contribution is 2.12. The van der Waals surface area contributed by atoms with E-state index in [0.717, 1.165) is 15.6 Å². The Bertz CT molecular complexity index is 599. The smallest absolute Gasteiger partial charge is 0.282 e. The Morgan fingerprint density at radius 1 is 0.842 bits per heavy atom. The third-order valence-electron chi connectivity index (χ3n) is 2.12. The molecule has 0 aliphatic heterocycles. The molecule has 0 radical (unpaired) electrons. The summed E-state index contributed by atoms with van der Waals surface area (Å²) in [5, 5.41) is 1.43. The molecular formula is C13H12Cl2O3S. The minimum absolute atomic E-state index is 0.0666. The number of halogens is 2. The first-order valence-corrected chi connectivity index (χ1v) is 7.44. The van der Waals surface area contributed by atoms with Crippen molar-refractivity contribution in [1.29, 1.82) is 0 Å². The molecule has 0 fully saturated rings. The van der Waals surface area contributed by atoms with Gasteiger partial charge >= 0.3 is 0 Å². The monoisotopic (exact) mass is 318 g/mol. The highest BCUT2D eigenvalue weighted by atomic mass is 35.5. The molecule has 2 aromatic carbocycles. The van der Waals surface area contributed by atoms with Crippen LogP contribution in [0, 0.1) is 6.92 Å². The maximum atomic E-state index is 10.5. The van der Waals surface area contributed by atoms with Crippen molar-refractivity contribution in [2.45, 2.75) is 11.8 Å². The highest BCUT2D eigenvalue weighted by Gasteiger charge is 2.06. The maximum absolute atomic E-state index is 10.5. The van der Waals surface area contributed by atoms with Crippen molar-refractivity contribution >= 4 is 33.3 Å². The fourth-order valence-electron chi connectivity index (χ4n) is 1.14. The molecule has 0 saturated heterocycles. The van der Waals surface area contributed by atoms with Gasteiger partial charge in [-0.2, -0.15) is 8.42 Å². The summed E-state index contributed by atoms with van der Waals surface area (Å²) in [5.74, 6) is 0. The van der Waals surface area contributed by atoms with E-state index in [1.807, 2.05) is 6.92 Å². The van der Waals surface area contributed by atoms with Gasteiger partial charge in [0.15, 0.2) is 0 Å². The molecule has 0 aromatic heterocycles. The third kappa shape index (κ3) is 6.07. The Morgan fingerprint density at radius 3 is 1.53 bits per heavy atom. The average Bonchev–Trinajstić information content (AvgIpc) is 2.33. The Labute approximate surface area is 122 Å². The van der Waals surface area contributed by atoms with E-state index in [-0.39, 0.29) is 4.90 Å². The Morgan fingerprint density at radius 2 is 1.21 bits per heavy atom. The molecular weight excluding hydrogens is 307 g/mol. The SMILES string of the molecule is Cc1ccc(S(=O)(=O)O)cc1.Clc1ccc(Cl)cc1. The third-order valence-corrected chi connectivity index (χ3v) is 3.49. The first-order valence-electron chi connectivity index (χ1n) is 5.24. The van der Waals surface area contributed by atoms with Gasteiger partial charge in [-0.05, 0) is 43.3 Å². The number of benzene rings is 2. The fourth-order valence-corrected chi connectivity index (χ4v) is 1.87. The van der Waals surface area contributed by atoms with Crippen molar-refractivity contribution < 1.29 is 13.0 Å². The van der Waals surface area contributed by atoms with Gasteiger partial charge in [0.2, 0.25) is 0 Å². The van der Waals surface area contributed by atoms with Crippen LogP contribution in [-0.2, 0) is 10.1 Å². The van der Waals surface area contributed by atoms with E-state index >= 15 is 0 Å². The predicted molar refractivity (Wildman–Crippen MR) is 77.5 cm³/mol. The van der Waals surface area contributed by atoms with Crippen LogP contribution in [0.3, 0.4) is 0 Å². The lowest BCUT2D eigenvalue weighted by Crippen LogP contribution is -1.96. The van der Waals surface area contributed by atoms with Crippen LogP contribution in [0.2, 0.25) is 10.0 Å². The normalized spacial score (nSPS) is 10.5. The van der Waals surface area contributed by atoms with Crippen LogP contribution >= 0.6 is 23.2 Å². The van der Waals surface area contributed by atoms with Crippen LogP contribution < -0.4 is 0 Å². The summed E-state index contributed by atoms with van der Waals surface area (Å²) in [6.45, 7) is 1.84. The first-order chi connectivity index (χ1) is 8.79. The molecule has 0 atom stereocenters. The Hall–Kier alpha value is -1.07. The molecule has 0 spiro atoms. The molecule has 102 valence electrons. The molecule has 0 aliphatic carbocycles. The van der Waals surface area contributed by atoms with E-state index in [4.69, 9.17) is 27.8 Å². The van der Waals surface area contributed by atoms with E-state index in [0.29, 0.717) is 0 Å². The van der Waals surface area contributed by atoms with E-state index < -0.39 is 10.1 Å². The van der Waals surface area contributed by atoms with E-state index in [1.165, 1.54) is 12.1 Å². The van der Waals surface area contributed by atoms with Gasteiger partial charge in [0.1, 0.15) is 0 Å². The van der Waals surface area contributed by atoms with Gasteiger partial charge in [-0.1, -0.05) is 40.9 Å². The van der Waals surface area contributed by atoms with Gasteiger partial charge in [0.25, 0.3) is 10.1 Å². The minimum Gasteiger partial charge on any atom is -0.282 e. The second-order valence-corrected chi connectivity index (χ2v) is 6.02. The van der Waals surface area contributed by atoms with Crippen molar-refractivity contribution in [3.05, 3.63) is 64.1 Å². The van der Waals surface area contributed by atoms with E-state index in [1.54, 1.807) is 36.4 Å². The standard InChI is InChI=1S/C7H8O3S.C6H4Cl2/c1-6-2-4-7(5-3-6)11(8,9)10;7-5-1-2-6(8)4-3-5/h2-5H,1H3,(H,8,9,10);1-4H. The molecule has 1 N–H and O–H groups in total. The van der Waals surface area contributed by atoms with E-state index in [9.17, 15) is 8.42 Å². The van der Waals surface area contributed by atoms with Crippen LogP contribution in [0.1, 0.15) is 5.56 Å². The molecule has 0 unspecified atom stereocenters. The topological polar surface area (TPSA) is 54.4 Å². The summed E-state index contributed by atoms with van der Waals surface area (Å²) in [4.78, 5) is -0.0666. The lowest BCUT2D eigenvalue weighted by atomic mass is 10.2. The highest BCUT2D eigenvalue weighted by molar-refractivity contribution is 7.85. The number of hydrogen-bond acceptors (Lipinski definition) is 2. The zero-order valence-corrected chi connectivity index (χ0v) is 12.4. The first kappa shape index (κ1) is 16.0. The Kier molecular flexibility index (Phi) is 5.82. The van der Waals surface area contributed by atoms with Crippen molar-refractivity contribution in [3.63, 3.8) is 0 Å². The quantitative estimate of drug-likeness (QED) is 0.800. The van der Waals surface area contributed by atoms with Crippen molar-refractivity contribution in [1.82, 2.24) is 0 Å². The number of hydrogen-bond donors (Lipinski definition) is 1. The summed E-state index contributed by atoms with van der Waals surface area (Å²) in [7, 11) is -4.02. The van der Waals surface area contributed by atoms with Gasteiger partial charge in [-0.15, -0.1) is 0 Å². The van der Waals surface area contributed by atoms with Crippen LogP contribution in [0.15, 0.2) is 53.4 Å². The second kappa shape index (κ2) is 6.91. The summed E-state index contributed by atoms with van der Waals surface area (Å²) < 4.78 is 29.6. The molecule has 6 heteroatoms. The average molecular weight is 319 g/mol. The molecule has 2 rings (SSSR count). The van der Waals surface area contributed by atoms with Gasteiger partial charge in [-0.3, -0.25) is 4.55 Å². The van der Waals surface area contributed by atoms with Gasteiger partial charge < -0.3 is 0 Å². The zero-order valence-electron chi connectivity index (χ0n) is 10.0. The largest absolute Gasteiger partial charge is 0.294 e. The molecule has 3 nitrogen and oxygen atoms in total. The summed E-state index contributed by atoms with van der Waals surface area (Å²) in [6.07, 6.45) is 0. The van der Waals surface area contributed by atoms with Gasteiger partial charge in [0.05, 0.1) is 4.90 Å². The van der Waals surface area contributed by atoms with Crippen molar-refractivity contribution in [2.24, 2.45) is 0 Å². The molecule has 0 bridgehead atoms. The summed E-state index contributed by atoms with van der Waals surface area (Å²) in [5.41, 5.74) is 0.956. The van der Waals surface area contributed by atoms with Crippen LogP contribution in [0.5, 0.6) is 0 Å². The van der Waals surface area contributed by atoms with Gasteiger partial charge in [-0.25, -0.2) is 0 Å². The summed E-state index contributed by atoms with van der Waals surface area (Å²) >= 11 is 11.1. The predicted octanol–water partition coefficient (Wildman–Crippen LogP) is 4.24. The maximum Gasteiger partial charge on any atom is 0.294 e. The second-order valence-electron chi connectivity index (χ2n) is 3.72. The molecule has 0 heterocycles. The minimum atomic E-state index is -4.02. The van der Waals surface area contributed by atoms with Crippen LogP contribution in [0.25, 0.3) is 0 Å². The lowest BCUT2D eigenvalue weighted by molar-refractivity contribution is 0.483. The van der Waals surface area contributed by atoms with Crippen LogP contribution in [-0.4, -0.2) is 13.0 Å². The number of rotatable bonds is 1. The van der Waals surface area contributed by atoms with Gasteiger partial charge in [0, 0.05) is 10.0 Å². The zero-order chi connectivity index (χ0) is 14.5. The van der Waals surface area contributed by atoms with Crippen molar-refractivity contribution in [3.8, 4) is 0 Å². The lowest BCUT2D eigenvalue weighted by Gasteiger charge is -1.95. The van der Waals surface area contributed by atoms with E-state index in [2.05, 4.69) is 0 Å². The molecule has 0 saturated carbocycles. The van der Waals surface area contributed by atoms with Crippen molar-refractivity contribution in [2.75, 3.05) is 0 Å². The summed E-state index contributed by atoms with van der Waals surface area (Å²) in [6, 6.07) is 13.0. The fraction of sp³-hybridized carbons (Fsp3) is 0.0769. The molecule has 19 heavy (non-hydrogen) atoms. The molecule has 2 aromatic rings. The van der Waals surface area contributed by atoms with Crippen LogP contribution in [0.4, 0.5) is 0 Å². The Balaban J connectivity index is 0.000000200. The molecule has 0 aliphatic rings. The number of aryl methyl sites for hydroxylation is 1.